The van der Waals surface area contributed by atoms with Gasteiger partial charge in [-0.15, -0.1) is 0 Å². The average Bonchev–Trinajstić information content (AvgIpc) is 2.56. The average molecular weight is 405 g/mol. The maximum absolute atomic E-state index is 12.3. The van der Waals surface area contributed by atoms with Crippen LogP contribution >= 0.6 is 11.6 Å². The van der Waals surface area contributed by atoms with Gasteiger partial charge in [-0.3, -0.25) is 4.79 Å². The predicted molar refractivity (Wildman–Crippen MR) is 105 cm³/mol. The number of hydrogen-bond donors (Lipinski definition) is 3. The van der Waals surface area contributed by atoms with Crippen molar-refractivity contribution >= 4 is 38.9 Å². The van der Waals surface area contributed by atoms with Crippen LogP contribution in [0.2, 0.25) is 5.02 Å². The number of nitrogens with one attached hydrogen (secondary N) is 2. The number of sulfonamides is 1. The zero-order valence-corrected chi connectivity index (χ0v) is 16.1. The molecule has 0 spiro atoms. The first kappa shape index (κ1) is 20.5. The van der Waals surface area contributed by atoms with Gasteiger partial charge in [-0.25, -0.2) is 13.6 Å². The van der Waals surface area contributed by atoms with E-state index in [9.17, 15) is 18.5 Å². The third-order valence-electron chi connectivity index (χ3n) is 3.60. The fourth-order valence-corrected chi connectivity index (χ4v) is 3.21. The van der Waals surface area contributed by atoms with Gasteiger partial charge >= 0.3 is 0 Å². The van der Waals surface area contributed by atoms with E-state index in [1.54, 1.807) is 12.1 Å². The Balaban J connectivity index is 2.17. The van der Waals surface area contributed by atoms with E-state index < -0.39 is 15.9 Å². The first-order valence-corrected chi connectivity index (χ1v) is 9.62. The molecule has 0 aliphatic carbocycles. The lowest BCUT2D eigenvalue weighted by Gasteiger charge is -2.10. The summed E-state index contributed by atoms with van der Waals surface area (Å²) in [5, 5.41) is 20.1. The van der Waals surface area contributed by atoms with Crippen molar-refractivity contribution in [1.82, 2.24) is 0 Å². The highest BCUT2D eigenvalue weighted by molar-refractivity contribution is 7.89. The number of nitrogens with zero attached hydrogens (tertiary/aromatic N) is 1. The molecule has 0 bridgehead atoms. The number of primary sulfonamides is 1. The molecule has 0 aliphatic heterocycles. The Kier molecular flexibility index (Phi) is 6.23. The second kappa shape index (κ2) is 8.22. The largest absolute Gasteiger partial charge is 0.359 e. The van der Waals surface area contributed by atoms with Gasteiger partial charge in [0.15, 0.2) is 0 Å². The Labute approximate surface area is 162 Å². The third-order valence-corrected chi connectivity index (χ3v) is 4.83. The molecule has 2 aromatic carbocycles. The highest BCUT2D eigenvalue weighted by Crippen LogP contribution is 2.27. The molecule has 0 heterocycles. The number of carbonyl (C=O) groups excluding carboxylic acids is 1. The van der Waals surface area contributed by atoms with Gasteiger partial charge in [0.2, 0.25) is 10.0 Å². The zero-order chi connectivity index (χ0) is 20.2. The standard InChI is InChI=1S/C18H17ClN4O3S/c1-11-7-12(2)17(16(19)8-11)22-10-13(9-20)18(24)23-14-3-5-15(6-4-14)27(21,25)26/h3-8,10,22H,1-2H3,(H,23,24)(H2,21,25,26)/b13-10-. The number of halogens is 1. The van der Waals surface area contributed by atoms with Crippen molar-refractivity contribution < 1.29 is 13.2 Å². The number of aryl methyl sites for hydroxylation is 2. The Hall–Kier alpha value is -2.86. The molecule has 0 saturated heterocycles. The minimum atomic E-state index is -3.82. The van der Waals surface area contributed by atoms with Crippen molar-refractivity contribution in [1.29, 1.82) is 5.26 Å². The summed E-state index contributed by atoms with van der Waals surface area (Å²) in [4.78, 5) is 12.2. The molecule has 0 aliphatic rings. The Morgan fingerprint density at radius 2 is 1.85 bits per heavy atom. The lowest BCUT2D eigenvalue weighted by Crippen LogP contribution is -2.15. The van der Waals surface area contributed by atoms with E-state index in [1.165, 1.54) is 30.5 Å². The van der Waals surface area contributed by atoms with Gasteiger partial charge in [-0.2, -0.15) is 5.26 Å². The normalized spacial score (nSPS) is 11.6. The summed E-state index contributed by atoms with van der Waals surface area (Å²) >= 11 is 6.19. The second-order valence-corrected chi connectivity index (χ2v) is 7.74. The van der Waals surface area contributed by atoms with Crippen molar-refractivity contribution in [2.24, 2.45) is 5.14 Å². The number of nitriles is 1. The number of nitrogens with two attached hydrogens (primary N) is 1. The number of hydrogen-bond acceptors (Lipinski definition) is 5. The van der Waals surface area contributed by atoms with E-state index >= 15 is 0 Å². The third kappa shape index (κ3) is 5.31. The maximum atomic E-state index is 12.3. The molecule has 1 amide bonds. The van der Waals surface area contributed by atoms with Gasteiger partial charge in [0, 0.05) is 11.9 Å². The summed E-state index contributed by atoms with van der Waals surface area (Å²) < 4.78 is 22.5. The van der Waals surface area contributed by atoms with E-state index in [2.05, 4.69) is 10.6 Å². The number of amides is 1. The van der Waals surface area contributed by atoms with Crippen molar-refractivity contribution in [3.8, 4) is 6.07 Å². The van der Waals surface area contributed by atoms with Crippen molar-refractivity contribution in [2.45, 2.75) is 18.7 Å². The van der Waals surface area contributed by atoms with Crippen LogP contribution in [0.4, 0.5) is 11.4 Å². The molecule has 2 aromatic rings. The molecular formula is C18H17ClN4O3S. The predicted octanol–water partition coefficient (Wildman–Crippen LogP) is 3.06. The van der Waals surface area contributed by atoms with Crippen LogP contribution in [0.5, 0.6) is 0 Å². The molecule has 140 valence electrons. The van der Waals surface area contributed by atoms with Crippen LogP contribution in [0.25, 0.3) is 0 Å². The molecular weight excluding hydrogens is 388 g/mol. The van der Waals surface area contributed by atoms with Gasteiger partial charge in [0.05, 0.1) is 15.6 Å². The number of rotatable bonds is 5. The molecule has 0 fully saturated rings. The van der Waals surface area contributed by atoms with Crippen LogP contribution in [-0.2, 0) is 14.8 Å². The van der Waals surface area contributed by atoms with Crippen LogP contribution in [-0.4, -0.2) is 14.3 Å². The minimum absolute atomic E-state index is 0.0808. The molecule has 0 atom stereocenters. The van der Waals surface area contributed by atoms with E-state index in [1.807, 2.05) is 19.9 Å². The zero-order valence-electron chi connectivity index (χ0n) is 14.6. The molecule has 0 radical (unpaired) electrons. The molecule has 7 nitrogen and oxygen atoms in total. The van der Waals surface area contributed by atoms with Gasteiger partial charge in [0.25, 0.3) is 5.91 Å². The number of anilines is 2. The first-order valence-electron chi connectivity index (χ1n) is 7.69. The summed E-state index contributed by atoms with van der Waals surface area (Å²) in [7, 11) is -3.82. The monoisotopic (exact) mass is 404 g/mol. The Morgan fingerprint density at radius 1 is 1.22 bits per heavy atom. The van der Waals surface area contributed by atoms with Crippen molar-refractivity contribution in [3.63, 3.8) is 0 Å². The molecule has 0 aromatic heterocycles. The van der Waals surface area contributed by atoms with E-state index in [0.717, 1.165) is 11.1 Å². The lowest BCUT2D eigenvalue weighted by atomic mass is 10.1. The molecule has 0 unspecified atom stereocenters. The van der Waals surface area contributed by atoms with Crippen LogP contribution < -0.4 is 15.8 Å². The van der Waals surface area contributed by atoms with Gasteiger partial charge in [-0.05, 0) is 55.3 Å². The van der Waals surface area contributed by atoms with Gasteiger partial charge in [-0.1, -0.05) is 17.7 Å². The van der Waals surface area contributed by atoms with E-state index in [4.69, 9.17) is 16.7 Å². The van der Waals surface area contributed by atoms with E-state index in [-0.39, 0.29) is 10.5 Å². The SMILES string of the molecule is Cc1cc(C)c(N/C=C(/C#N)C(=O)Nc2ccc(S(N)(=O)=O)cc2)c(Cl)c1. The minimum Gasteiger partial charge on any atom is -0.359 e. The summed E-state index contributed by atoms with van der Waals surface area (Å²) in [5.41, 5.74) is 2.60. The Bertz CT molecular complexity index is 1030. The van der Waals surface area contributed by atoms with Crippen LogP contribution in [0.3, 0.4) is 0 Å². The maximum Gasteiger partial charge on any atom is 0.267 e. The number of carbonyl (C=O) groups is 1. The van der Waals surface area contributed by atoms with E-state index in [0.29, 0.717) is 16.4 Å². The van der Waals surface area contributed by atoms with Crippen LogP contribution in [0, 0.1) is 25.2 Å². The summed E-state index contributed by atoms with van der Waals surface area (Å²) in [6.07, 6.45) is 1.26. The fraction of sp³-hybridized carbons (Fsp3) is 0.111. The fourth-order valence-electron chi connectivity index (χ4n) is 2.32. The topological polar surface area (TPSA) is 125 Å². The van der Waals surface area contributed by atoms with Crippen LogP contribution in [0.1, 0.15) is 11.1 Å². The highest BCUT2D eigenvalue weighted by Gasteiger charge is 2.12. The molecule has 27 heavy (non-hydrogen) atoms. The number of benzene rings is 2. The molecule has 2 rings (SSSR count). The highest BCUT2D eigenvalue weighted by atomic mass is 35.5. The smallest absolute Gasteiger partial charge is 0.267 e. The van der Waals surface area contributed by atoms with Gasteiger partial charge in [0.1, 0.15) is 11.6 Å². The summed E-state index contributed by atoms with van der Waals surface area (Å²) in [6.45, 7) is 3.77. The molecule has 9 heteroatoms. The van der Waals surface area contributed by atoms with Gasteiger partial charge < -0.3 is 10.6 Å². The summed E-state index contributed by atoms with van der Waals surface area (Å²) in [5.74, 6) is -0.658. The molecule has 4 N–H and O–H groups in total. The lowest BCUT2D eigenvalue weighted by molar-refractivity contribution is -0.112. The first-order chi connectivity index (χ1) is 12.6. The van der Waals surface area contributed by atoms with Crippen molar-refractivity contribution in [3.05, 3.63) is 64.3 Å². The Morgan fingerprint density at radius 3 is 2.37 bits per heavy atom. The van der Waals surface area contributed by atoms with Crippen molar-refractivity contribution in [2.75, 3.05) is 10.6 Å². The van der Waals surface area contributed by atoms with Crippen LogP contribution in [0.15, 0.2) is 53.1 Å². The quantitative estimate of drug-likeness (QED) is 0.521. The molecule has 0 saturated carbocycles. The second-order valence-electron chi connectivity index (χ2n) is 5.78. The summed E-state index contributed by atoms with van der Waals surface area (Å²) in [6, 6.07) is 10.8.